The Morgan fingerprint density at radius 3 is 3.17 bits per heavy atom. The molecule has 0 amide bonds. The molecule has 92 valence electrons. The lowest BCUT2D eigenvalue weighted by Crippen LogP contribution is -2.46. The Labute approximate surface area is 104 Å². The summed E-state index contributed by atoms with van der Waals surface area (Å²) in [5.74, 6) is 0.570. The molecule has 0 aliphatic carbocycles. The molecule has 5 nitrogen and oxygen atoms in total. The van der Waals surface area contributed by atoms with Gasteiger partial charge in [-0.05, 0) is 26.0 Å². The summed E-state index contributed by atoms with van der Waals surface area (Å²) in [6, 6.07) is 2.04. The van der Waals surface area contributed by atoms with E-state index in [9.17, 15) is 0 Å². The Hall–Kier alpha value is -1.75. The van der Waals surface area contributed by atoms with Crippen LogP contribution in [0.4, 0.5) is 0 Å². The minimum Gasteiger partial charge on any atom is -0.467 e. The number of nitrogens with zero attached hydrogens (tertiary/aromatic N) is 3. The van der Waals surface area contributed by atoms with Gasteiger partial charge in [0, 0.05) is 11.8 Å². The zero-order valence-corrected chi connectivity index (χ0v) is 10.3. The standard InChI is InChI=1S/C13H13N3O2/c1-13(2)10-9(6-17-13)15-8-5-7-3-4-14-11(7)16-12(8)18-10/h3-5,9-10H,6H2,1-2H3/t9-,10+/m0/s1. The number of hydrogen-bond acceptors (Lipinski definition) is 5. The van der Waals surface area contributed by atoms with Gasteiger partial charge in [0.2, 0.25) is 5.88 Å². The minimum absolute atomic E-state index is 0.0645. The molecule has 1 fully saturated rings. The number of aromatic nitrogens is 1. The topological polar surface area (TPSA) is 56.1 Å². The van der Waals surface area contributed by atoms with Crippen molar-refractivity contribution in [3.63, 3.8) is 0 Å². The first kappa shape index (κ1) is 10.2. The zero-order chi connectivity index (χ0) is 12.3. The van der Waals surface area contributed by atoms with Crippen LogP contribution < -0.4 is 15.6 Å². The molecule has 18 heavy (non-hydrogen) atoms. The van der Waals surface area contributed by atoms with Crippen molar-refractivity contribution in [1.82, 2.24) is 4.98 Å². The Bertz CT molecular complexity index is 678. The van der Waals surface area contributed by atoms with E-state index in [2.05, 4.69) is 9.98 Å². The van der Waals surface area contributed by atoms with Gasteiger partial charge in [0.25, 0.3) is 0 Å². The molecule has 0 bridgehead atoms. The van der Waals surface area contributed by atoms with Crippen LogP contribution in [0.15, 0.2) is 22.3 Å². The summed E-state index contributed by atoms with van der Waals surface area (Å²) in [6.07, 6.45) is 3.61. The first-order chi connectivity index (χ1) is 8.63. The molecule has 0 unspecified atom stereocenters. The van der Waals surface area contributed by atoms with E-state index in [4.69, 9.17) is 14.5 Å². The van der Waals surface area contributed by atoms with E-state index >= 15 is 0 Å². The summed E-state index contributed by atoms with van der Waals surface area (Å²) >= 11 is 0. The predicted molar refractivity (Wildman–Crippen MR) is 63.8 cm³/mol. The molecule has 2 atom stereocenters. The van der Waals surface area contributed by atoms with E-state index in [1.807, 2.05) is 26.0 Å². The fraction of sp³-hybridized carbons (Fsp3) is 0.462. The summed E-state index contributed by atoms with van der Waals surface area (Å²) in [5, 5.41) is 0.804. The van der Waals surface area contributed by atoms with Crippen molar-refractivity contribution in [1.29, 1.82) is 0 Å². The van der Waals surface area contributed by atoms with E-state index in [1.165, 1.54) is 0 Å². The molecular formula is C13H13N3O2. The average molecular weight is 243 g/mol. The van der Waals surface area contributed by atoms with Gasteiger partial charge in [-0.2, -0.15) is 4.98 Å². The zero-order valence-electron chi connectivity index (χ0n) is 10.3. The molecule has 5 heteroatoms. The maximum atomic E-state index is 5.98. The van der Waals surface area contributed by atoms with E-state index in [-0.39, 0.29) is 17.7 Å². The summed E-state index contributed by atoms with van der Waals surface area (Å²) in [6.45, 7) is 4.66. The van der Waals surface area contributed by atoms with Crippen LogP contribution in [0.3, 0.4) is 0 Å². The molecule has 0 aromatic carbocycles. The third-order valence-electron chi connectivity index (χ3n) is 3.63. The van der Waals surface area contributed by atoms with E-state index in [0.717, 1.165) is 10.9 Å². The number of hydrogen-bond donors (Lipinski definition) is 0. The van der Waals surface area contributed by atoms with Crippen LogP contribution >= 0.6 is 0 Å². The van der Waals surface area contributed by atoms with Crippen molar-refractivity contribution in [2.75, 3.05) is 6.61 Å². The Kier molecular flexibility index (Phi) is 1.80. The second-order valence-electron chi connectivity index (χ2n) is 5.32. The lowest BCUT2D eigenvalue weighted by Gasteiger charge is -2.29. The highest BCUT2D eigenvalue weighted by Crippen LogP contribution is 2.31. The Morgan fingerprint density at radius 2 is 2.28 bits per heavy atom. The highest BCUT2D eigenvalue weighted by atomic mass is 16.6. The van der Waals surface area contributed by atoms with Gasteiger partial charge >= 0.3 is 0 Å². The molecule has 0 radical (unpaired) electrons. The van der Waals surface area contributed by atoms with Crippen molar-refractivity contribution in [3.8, 4) is 5.88 Å². The molecule has 3 aliphatic rings. The highest BCUT2D eigenvalue weighted by molar-refractivity contribution is 5.50. The first-order valence-electron chi connectivity index (χ1n) is 6.07. The molecule has 4 rings (SSSR count). The van der Waals surface area contributed by atoms with E-state index in [1.54, 1.807) is 6.20 Å². The highest BCUT2D eigenvalue weighted by Gasteiger charge is 2.47. The number of rotatable bonds is 0. The van der Waals surface area contributed by atoms with Crippen LogP contribution in [-0.4, -0.2) is 29.3 Å². The SMILES string of the molecule is CC1(C)OC[C@@H]2N=c3cc4c(nc3O[C@H]21)=NC=C4. The van der Waals surface area contributed by atoms with Crippen molar-refractivity contribution in [2.45, 2.75) is 31.6 Å². The van der Waals surface area contributed by atoms with Crippen LogP contribution in [0, 0.1) is 0 Å². The van der Waals surface area contributed by atoms with Gasteiger partial charge in [-0.15, -0.1) is 0 Å². The van der Waals surface area contributed by atoms with Gasteiger partial charge in [-0.1, -0.05) is 0 Å². The normalized spacial score (nSPS) is 29.7. The molecule has 4 heterocycles. The van der Waals surface area contributed by atoms with Gasteiger partial charge in [0.05, 0.1) is 6.61 Å². The summed E-state index contributed by atoms with van der Waals surface area (Å²) in [5.41, 5.74) is 1.39. The van der Waals surface area contributed by atoms with Crippen molar-refractivity contribution in [2.24, 2.45) is 9.98 Å². The first-order valence-corrected chi connectivity index (χ1v) is 6.07. The van der Waals surface area contributed by atoms with Crippen molar-refractivity contribution in [3.05, 3.63) is 28.7 Å². The second kappa shape index (κ2) is 3.17. The van der Waals surface area contributed by atoms with Gasteiger partial charge in [0.15, 0.2) is 11.6 Å². The summed E-state index contributed by atoms with van der Waals surface area (Å²) < 4.78 is 11.7. The third kappa shape index (κ3) is 1.28. The van der Waals surface area contributed by atoms with Crippen molar-refractivity contribution < 1.29 is 9.47 Å². The van der Waals surface area contributed by atoms with Gasteiger partial charge in [-0.25, -0.2) is 4.99 Å². The molecule has 0 saturated carbocycles. The monoisotopic (exact) mass is 243 g/mol. The fourth-order valence-corrected chi connectivity index (χ4v) is 2.64. The predicted octanol–water partition coefficient (Wildman–Crippen LogP) is 0.243. The molecule has 3 aliphatic heterocycles. The van der Waals surface area contributed by atoms with Crippen LogP contribution in [0.2, 0.25) is 0 Å². The number of pyridine rings is 1. The number of ether oxygens (including phenoxy) is 2. The molecule has 0 spiro atoms. The smallest absolute Gasteiger partial charge is 0.242 e. The minimum atomic E-state index is -0.318. The lowest BCUT2D eigenvalue weighted by molar-refractivity contribution is -0.0223. The molecule has 1 aromatic rings. The van der Waals surface area contributed by atoms with Gasteiger partial charge in [0.1, 0.15) is 17.0 Å². The lowest BCUT2D eigenvalue weighted by atomic mass is 9.98. The van der Waals surface area contributed by atoms with Crippen LogP contribution in [0.25, 0.3) is 6.08 Å². The largest absolute Gasteiger partial charge is 0.467 e. The third-order valence-corrected chi connectivity index (χ3v) is 3.63. The van der Waals surface area contributed by atoms with Gasteiger partial charge in [-0.3, -0.25) is 4.99 Å². The Morgan fingerprint density at radius 1 is 1.39 bits per heavy atom. The van der Waals surface area contributed by atoms with E-state index in [0.29, 0.717) is 18.0 Å². The Balaban J connectivity index is 1.88. The summed E-state index contributed by atoms with van der Waals surface area (Å²) in [4.78, 5) is 13.3. The summed E-state index contributed by atoms with van der Waals surface area (Å²) in [7, 11) is 0. The molecular weight excluding hydrogens is 230 g/mol. The quantitative estimate of drug-likeness (QED) is 0.656. The fourth-order valence-electron chi connectivity index (χ4n) is 2.64. The molecule has 0 N–H and O–H groups in total. The molecule has 1 saturated heterocycles. The van der Waals surface area contributed by atoms with E-state index < -0.39 is 0 Å². The van der Waals surface area contributed by atoms with Crippen LogP contribution in [0.5, 0.6) is 5.88 Å². The number of fused-ring (bicyclic) bond motifs is 3. The van der Waals surface area contributed by atoms with Gasteiger partial charge < -0.3 is 9.47 Å². The van der Waals surface area contributed by atoms with Crippen LogP contribution in [-0.2, 0) is 4.74 Å². The molecule has 1 aromatic heterocycles. The maximum Gasteiger partial charge on any atom is 0.242 e. The average Bonchev–Trinajstić information content (AvgIpc) is 2.89. The second-order valence-corrected chi connectivity index (χ2v) is 5.32. The maximum absolute atomic E-state index is 5.98. The van der Waals surface area contributed by atoms with Crippen molar-refractivity contribution >= 4 is 6.08 Å². The van der Waals surface area contributed by atoms with Crippen LogP contribution in [0.1, 0.15) is 19.4 Å².